The number of halogens is 1. The fraction of sp³-hybridized carbons (Fsp3) is 0.400. The van der Waals surface area contributed by atoms with Gasteiger partial charge >= 0.3 is 5.97 Å². The molecule has 0 aromatic heterocycles. The summed E-state index contributed by atoms with van der Waals surface area (Å²) in [6.45, 7) is 6.98. The summed E-state index contributed by atoms with van der Waals surface area (Å²) in [6, 6.07) is 4.77. The fourth-order valence-corrected chi connectivity index (χ4v) is 2.05. The molecule has 0 unspecified atom stereocenters. The predicted molar refractivity (Wildman–Crippen MR) is 101 cm³/mol. The van der Waals surface area contributed by atoms with E-state index in [4.69, 9.17) is 4.74 Å². The number of aliphatic imine (C=N–C) groups is 2. The van der Waals surface area contributed by atoms with Gasteiger partial charge in [-0.2, -0.15) is 9.98 Å². The van der Waals surface area contributed by atoms with E-state index in [1.54, 1.807) is 18.2 Å². The third kappa shape index (κ3) is 7.57. The average molecular weight is 372 g/mol. The molecule has 0 spiro atoms. The number of benzene rings is 1. The maximum absolute atomic E-state index is 12.1. The summed E-state index contributed by atoms with van der Waals surface area (Å²) >= 11 is 9.14. The van der Waals surface area contributed by atoms with Crippen LogP contribution in [-0.4, -0.2) is 47.4 Å². The Kier molecular flexibility index (Phi) is 11.3. The van der Waals surface area contributed by atoms with E-state index in [2.05, 4.69) is 63.5 Å². The lowest BCUT2D eigenvalue weighted by molar-refractivity contribution is 0.0466. The standard InChI is InChI=1S/C15H17N3O2S2.ClH/c1-3-18(4-2)5-6-20-15(19)12-7-13(16-10-21)9-14(8-12)17-11-22;/h7-9H,3-6H2,1-2H3;1H. The Labute approximate surface area is 152 Å². The van der Waals surface area contributed by atoms with Crippen LogP contribution in [0.5, 0.6) is 0 Å². The molecule has 1 aromatic carbocycles. The second-order valence-corrected chi connectivity index (χ2v) is 4.67. The minimum Gasteiger partial charge on any atom is -0.461 e. The molecule has 0 amide bonds. The molecule has 0 atom stereocenters. The zero-order valence-electron chi connectivity index (χ0n) is 12.9. The monoisotopic (exact) mass is 371 g/mol. The molecular formula is C15H18ClN3O2S2. The number of carbonyl (C=O) groups excluding carboxylic acids is 1. The molecule has 8 heteroatoms. The number of thiocarbonyl (C=S) groups is 2. The highest BCUT2D eigenvalue weighted by atomic mass is 35.5. The predicted octanol–water partition coefficient (Wildman–Crippen LogP) is 4.08. The number of rotatable bonds is 8. The van der Waals surface area contributed by atoms with Gasteiger partial charge in [0.1, 0.15) is 6.61 Å². The van der Waals surface area contributed by atoms with Gasteiger partial charge in [0.2, 0.25) is 0 Å². The Balaban J connectivity index is 0.00000484. The van der Waals surface area contributed by atoms with Gasteiger partial charge in [0.15, 0.2) is 0 Å². The highest BCUT2D eigenvalue weighted by Crippen LogP contribution is 2.23. The summed E-state index contributed by atoms with van der Waals surface area (Å²) < 4.78 is 5.27. The lowest BCUT2D eigenvalue weighted by Gasteiger charge is -2.17. The number of ether oxygens (including phenoxy) is 1. The quantitative estimate of drug-likeness (QED) is 0.391. The van der Waals surface area contributed by atoms with Gasteiger partial charge < -0.3 is 9.64 Å². The van der Waals surface area contributed by atoms with Crippen molar-refractivity contribution < 1.29 is 9.53 Å². The smallest absolute Gasteiger partial charge is 0.338 e. The van der Waals surface area contributed by atoms with Gasteiger partial charge in [0, 0.05) is 6.54 Å². The Morgan fingerprint density at radius 2 is 1.65 bits per heavy atom. The molecule has 23 heavy (non-hydrogen) atoms. The van der Waals surface area contributed by atoms with Crippen LogP contribution < -0.4 is 0 Å². The molecule has 0 saturated heterocycles. The molecule has 0 radical (unpaired) electrons. The van der Waals surface area contributed by atoms with E-state index in [0.717, 1.165) is 13.1 Å². The maximum Gasteiger partial charge on any atom is 0.338 e. The van der Waals surface area contributed by atoms with E-state index < -0.39 is 5.97 Å². The first-order chi connectivity index (χ1) is 10.6. The Morgan fingerprint density at radius 3 is 2.09 bits per heavy atom. The summed E-state index contributed by atoms with van der Waals surface area (Å²) in [7, 11) is 0. The molecule has 1 rings (SSSR count). The van der Waals surface area contributed by atoms with Gasteiger partial charge in [0.05, 0.1) is 27.3 Å². The summed E-state index contributed by atoms with van der Waals surface area (Å²) in [6.07, 6.45) is 0. The number of likely N-dealkylation sites (N-methyl/N-ethyl adjacent to an activating group) is 1. The van der Waals surface area contributed by atoms with E-state index in [0.29, 0.717) is 30.1 Å². The van der Waals surface area contributed by atoms with Crippen molar-refractivity contribution in [1.29, 1.82) is 0 Å². The van der Waals surface area contributed by atoms with Crippen LogP contribution in [-0.2, 0) is 4.74 Å². The molecule has 0 aliphatic heterocycles. The van der Waals surface area contributed by atoms with E-state index in [-0.39, 0.29) is 12.4 Å². The van der Waals surface area contributed by atoms with Gasteiger partial charge in [0.25, 0.3) is 0 Å². The van der Waals surface area contributed by atoms with Crippen LogP contribution in [0, 0.1) is 0 Å². The number of hydrogen-bond donors (Lipinski definition) is 0. The number of hydrogen-bond acceptors (Lipinski definition) is 7. The lowest BCUT2D eigenvalue weighted by atomic mass is 10.2. The molecule has 0 aliphatic rings. The van der Waals surface area contributed by atoms with Gasteiger partial charge in [-0.1, -0.05) is 13.8 Å². The van der Waals surface area contributed by atoms with E-state index >= 15 is 0 Å². The summed E-state index contributed by atoms with van der Waals surface area (Å²) in [5.41, 5.74) is 1.28. The lowest BCUT2D eigenvalue weighted by Crippen LogP contribution is -2.27. The Hall–Kier alpha value is -1.46. The van der Waals surface area contributed by atoms with Crippen LogP contribution in [0.3, 0.4) is 0 Å². The molecular weight excluding hydrogens is 354 g/mol. The van der Waals surface area contributed by atoms with E-state index in [1.165, 1.54) is 0 Å². The van der Waals surface area contributed by atoms with Crippen molar-refractivity contribution in [2.75, 3.05) is 26.2 Å². The second-order valence-electron chi connectivity index (χ2n) is 4.31. The number of carbonyl (C=O) groups is 1. The molecule has 0 heterocycles. The molecule has 1 aromatic rings. The Bertz CT molecular complexity index is 587. The normalized spacial score (nSPS) is 9.35. The van der Waals surface area contributed by atoms with Crippen molar-refractivity contribution >= 4 is 64.5 Å². The first kappa shape index (κ1) is 21.5. The largest absolute Gasteiger partial charge is 0.461 e. The van der Waals surface area contributed by atoms with Gasteiger partial charge in [-0.05, 0) is 55.7 Å². The summed E-state index contributed by atoms with van der Waals surface area (Å²) in [5.74, 6) is -0.436. The van der Waals surface area contributed by atoms with Crippen molar-refractivity contribution in [3.8, 4) is 0 Å². The average Bonchev–Trinajstić information content (AvgIpc) is 2.52. The van der Waals surface area contributed by atoms with Gasteiger partial charge in [-0.25, -0.2) is 4.79 Å². The molecule has 0 aliphatic carbocycles. The van der Waals surface area contributed by atoms with Gasteiger partial charge in [-0.15, -0.1) is 12.4 Å². The highest BCUT2D eigenvalue weighted by Gasteiger charge is 2.11. The second kappa shape index (κ2) is 12.0. The van der Waals surface area contributed by atoms with Crippen LogP contribution in [0.1, 0.15) is 24.2 Å². The zero-order valence-corrected chi connectivity index (χ0v) is 15.4. The molecule has 5 nitrogen and oxygen atoms in total. The molecule has 0 fully saturated rings. The minimum absolute atomic E-state index is 0. The van der Waals surface area contributed by atoms with Crippen molar-refractivity contribution in [3.05, 3.63) is 23.8 Å². The third-order valence-corrected chi connectivity index (χ3v) is 3.21. The first-order valence-electron chi connectivity index (χ1n) is 6.84. The number of nitrogens with zero attached hydrogens (tertiary/aromatic N) is 3. The summed E-state index contributed by atoms with van der Waals surface area (Å²) in [4.78, 5) is 22.0. The van der Waals surface area contributed by atoms with E-state index in [1.807, 2.05) is 0 Å². The Morgan fingerprint density at radius 1 is 1.13 bits per heavy atom. The maximum atomic E-state index is 12.1. The van der Waals surface area contributed by atoms with Crippen LogP contribution >= 0.6 is 36.8 Å². The van der Waals surface area contributed by atoms with Crippen LogP contribution in [0.15, 0.2) is 28.2 Å². The SMILES string of the molecule is CCN(CC)CCOC(=O)c1cc(N=C=S)cc(N=C=S)c1.Cl. The molecule has 0 bridgehead atoms. The highest BCUT2D eigenvalue weighted by molar-refractivity contribution is 7.78. The summed E-state index contributed by atoms with van der Waals surface area (Å²) in [5, 5.41) is 4.51. The molecule has 0 N–H and O–H groups in total. The van der Waals surface area contributed by atoms with Crippen molar-refractivity contribution in [2.45, 2.75) is 13.8 Å². The van der Waals surface area contributed by atoms with Crippen LogP contribution in [0.2, 0.25) is 0 Å². The number of isothiocyanates is 2. The van der Waals surface area contributed by atoms with Gasteiger partial charge in [-0.3, -0.25) is 0 Å². The van der Waals surface area contributed by atoms with Crippen LogP contribution in [0.4, 0.5) is 11.4 Å². The van der Waals surface area contributed by atoms with Crippen molar-refractivity contribution in [3.63, 3.8) is 0 Å². The fourth-order valence-electron chi connectivity index (χ4n) is 1.84. The minimum atomic E-state index is -0.436. The molecule has 0 saturated carbocycles. The van der Waals surface area contributed by atoms with Crippen LogP contribution in [0.25, 0.3) is 0 Å². The first-order valence-corrected chi connectivity index (χ1v) is 7.66. The van der Waals surface area contributed by atoms with Crippen molar-refractivity contribution in [1.82, 2.24) is 4.90 Å². The topological polar surface area (TPSA) is 54.3 Å². The zero-order chi connectivity index (χ0) is 16.4. The molecule has 124 valence electrons. The van der Waals surface area contributed by atoms with Crippen molar-refractivity contribution in [2.24, 2.45) is 9.98 Å². The number of esters is 1. The third-order valence-electron chi connectivity index (χ3n) is 3.02. The van der Waals surface area contributed by atoms with E-state index in [9.17, 15) is 4.79 Å².